The second-order valence-electron chi connectivity index (χ2n) is 7.69. The molecule has 27 heavy (non-hydrogen) atoms. The Hall–Kier alpha value is -2.17. The number of carbonyl (C=O) groups excluding carboxylic acids is 1. The summed E-state index contributed by atoms with van der Waals surface area (Å²) in [4.78, 5) is 14.7. The fourth-order valence-electron chi connectivity index (χ4n) is 3.68. The first-order valence-corrected chi connectivity index (χ1v) is 9.80. The van der Waals surface area contributed by atoms with Crippen LogP contribution in [0.4, 0.5) is 0 Å². The van der Waals surface area contributed by atoms with Crippen LogP contribution in [-0.4, -0.2) is 41.1 Å². The van der Waals surface area contributed by atoms with Crippen molar-refractivity contribution in [2.24, 2.45) is 0 Å². The minimum Gasteiger partial charge on any atom is -0.379 e. The van der Waals surface area contributed by atoms with E-state index in [1.807, 2.05) is 23.1 Å². The quantitative estimate of drug-likeness (QED) is 0.792. The third-order valence-electron chi connectivity index (χ3n) is 5.53. The number of rotatable bonds is 7. The highest BCUT2D eigenvalue weighted by Gasteiger charge is 2.41. The number of amides is 1. The van der Waals surface area contributed by atoms with Gasteiger partial charge in [0.25, 0.3) is 5.91 Å². The van der Waals surface area contributed by atoms with E-state index in [1.165, 1.54) is 22.3 Å². The third kappa shape index (κ3) is 4.96. The smallest absolute Gasteiger partial charge is 0.255 e. The van der Waals surface area contributed by atoms with Crippen LogP contribution in [0.3, 0.4) is 0 Å². The van der Waals surface area contributed by atoms with Crippen molar-refractivity contribution >= 4 is 5.91 Å². The van der Waals surface area contributed by atoms with E-state index in [4.69, 9.17) is 0 Å². The van der Waals surface area contributed by atoms with Crippen molar-refractivity contribution in [3.8, 4) is 0 Å². The molecule has 2 aromatic rings. The second kappa shape index (κ2) is 8.68. The van der Waals surface area contributed by atoms with Crippen molar-refractivity contribution in [2.75, 3.05) is 19.6 Å². The van der Waals surface area contributed by atoms with Crippen LogP contribution in [0.2, 0.25) is 0 Å². The van der Waals surface area contributed by atoms with Crippen LogP contribution in [0.5, 0.6) is 0 Å². The standard InChI is InChI=1S/C23H30N2O2/c1-18-9-10-21(15-19(18)2)16-24-17-23(27)12-6-13-25(22(23)26)14-11-20-7-4-3-5-8-20/h3-5,7-10,15,24,27H,6,11-14,16-17H2,1-2H3/t23-/m0/s1. The zero-order chi connectivity index (χ0) is 19.3. The van der Waals surface area contributed by atoms with Gasteiger partial charge < -0.3 is 15.3 Å². The van der Waals surface area contributed by atoms with E-state index < -0.39 is 5.60 Å². The molecule has 0 unspecified atom stereocenters. The Morgan fingerprint density at radius 1 is 1.07 bits per heavy atom. The Morgan fingerprint density at radius 2 is 1.85 bits per heavy atom. The monoisotopic (exact) mass is 366 g/mol. The molecule has 4 nitrogen and oxygen atoms in total. The molecule has 0 aliphatic carbocycles. The third-order valence-corrected chi connectivity index (χ3v) is 5.53. The minimum atomic E-state index is -1.30. The lowest BCUT2D eigenvalue weighted by atomic mass is 9.91. The van der Waals surface area contributed by atoms with Gasteiger partial charge in [0.1, 0.15) is 0 Å². The maximum atomic E-state index is 12.8. The number of piperidine rings is 1. The summed E-state index contributed by atoms with van der Waals surface area (Å²) in [5, 5.41) is 14.2. The van der Waals surface area contributed by atoms with E-state index >= 15 is 0 Å². The topological polar surface area (TPSA) is 52.6 Å². The average Bonchev–Trinajstić information content (AvgIpc) is 2.67. The summed E-state index contributed by atoms with van der Waals surface area (Å²) in [6.07, 6.45) is 2.18. The van der Waals surface area contributed by atoms with Gasteiger partial charge in [0.15, 0.2) is 5.60 Å². The van der Waals surface area contributed by atoms with Crippen molar-refractivity contribution in [1.29, 1.82) is 0 Å². The molecule has 1 aliphatic heterocycles. The van der Waals surface area contributed by atoms with Crippen LogP contribution >= 0.6 is 0 Å². The number of benzene rings is 2. The van der Waals surface area contributed by atoms with Crippen molar-refractivity contribution in [2.45, 2.75) is 45.3 Å². The molecule has 1 aliphatic rings. The predicted molar refractivity (Wildman–Crippen MR) is 109 cm³/mol. The highest BCUT2D eigenvalue weighted by Crippen LogP contribution is 2.23. The van der Waals surface area contributed by atoms with E-state index in [0.717, 1.165) is 19.4 Å². The molecule has 0 saturated carbocycles. The zero-order valence-corrected chi connectivity index (χ0v) is 16.4. The van der Waals surface area contributed by atoms with Crippen LogP contribution in [0, 0.1) is 13.8 Å². The number of likely N-dealkylation sites (tertiary alicyclic amines) is 1. The summed E-state index contributed by atoms with van der Waals surface area (Å²) in [5.41, 5.74) is 3.62. The van der Waals surface area contributed by atoms with Crippen molar-refractivity contribution < 1.29 is 9.90 Å². The van der Waals surface area contributed by atoms with Crippen LogP contribution in [0.1, 0.15) is 35.1 Å². The Labute approximate surface area is 162 Å². The number of hydrogen-bond donors (Lipinski definition) is 2. The fraction of sp³-hybridized carbons (Fsp3) is 0.435. The summed E-state index contributed by atoms with van der Waals surface area (Å²) >= 11 is 0. The van der Waals surface area contributed by atoms with Crippen molar-refractivity contribution in [3.63, 3.8) is 0 Å². The largest absolute Gasteiger partial charge is 0.379 e. The first-order valence-electron chi connectivity index (χ1n) is 9.80. The van der Waals surface area contributed by atoms with Gasteiger partial charge in [-0.2, -0.15) is 0 Å². The molecule has 0 bridgehead atoms. The number of aliphatic hydroxyl groups is 1. The Bertz CT molecular complexity index is 775. The van der Waals surface area contributed by atoms with Gasteiger partial charge in [-0.3, -0.25) is 4.79 Å². The van der Waals surface area contributed by atoms with E-state index in [1.54, 1.807) is 0 Å². The lowest BCUT2D eigenvalue weighted by Crippen LogP contribution is -2.58. The molecule has 1 amide bonds. The van der Waals surface area contributed by atoms with E-state index in [-0.39, 0.29) is 5.91 Å². The normalized spacial score (nSPS) is 20.1. The molecular formula is C23H30N2O2. The van der Waals surface area contributed by atoms with Crippen molar-refractivity contribution in [1.82, 2.24) is 10.2 Å². The maximum Gasteiger partial charge on any atom is 0.255 e. The molecule has 0 aromatic heterocycles. The highest BCUT2D eigenvalue weighted by atomic mass is 16.3. The number of carbonyl (C=O) groups is 1. The Kier molecular flexibility index (Phi) is 6.30. The summed E-state index contributed by atoms with van der Waals surface area (Å²) in [7, 11) is 0. The van der Waals surface area contributed by atoms with Gasteiger partial charge in [-0.1, -0.05) is 48.5 Å². The van der Waals surface area contributed by atoms with Crippen LogP contribution in [0.25, 0.3) is 0 Å². The molecule has 1 heterocycles. The SMILES string of the molecule is Cc1ccc(CNC[C@@]2(O)CCCN(CCc3ccccc3)C2=O)cc1C. The van der Waals surface area contributed by atoms with E-state index in [2.05, 4.69) is 49.5 Å². The number of aryl methyl sites for hydroxylation is 2. The molecule has 4 heteroatoms. The minimum absolute atomic E-state index is 0.141. The van der Waals surface area contributed by atoms with Gasteiger partial charge in [-0.05, 0) is 55.4 Å². The highest BCUT2D eigenvalue weighted by molar-refractivity contribution is 5.86. The number of nitrogens with one attached hydrogen (secondary N) is 1. The van der Waals surface area contributed by atoms with E-state index in [0.29, 0.717) is 26.1 Å². The molecule has 0 spiro atoms. The van der Waals surface area contributed by atoms with Gasteiger partial charge in [0, 0.05) is 26.2 Å². The maximum absolute atomic E-state index is 12.8. The summed E-state index contributed by atoms with van der Waals surface area (Å²) in [5.74, 6) is -0.141. The lowest BCUT2D eigenvalue weighted by Gasteiger charge is -2.38. The van der Waals surface area contributed by atoms with Gasteiger partial charge in [0.2, 0.25) is 0 Å². The average molecular weight is 367 g/mol. The number of nitrogens with zero attached hydrogens (tertiary/aromatic N) is 1. The molecule has 2 aromatic carbocycles. The first-order chi connectivity index (χ1) is 13.0. The Balaban J connectivity index is 1.54. The zero-order valence-electron chi connectivity index (χ0n) is 16.4. The van der Waals surface area contributed by atoms with Crippen LogP contribution < -0.4 is 5.32 Å². The number of hydrogen-bond acceptors (Lipinski definition) is 3. The van der Waals surface area contributed by atoms with Gasteiger partial charge in [0.05, 0.1) is 0 Å². The van der Waals surface area contributed by atoms with Gasteiger partial charge in [-0.15, -0.1) is 0 Å². The molecule has 0 radical (unpaired) electrons. The summed E-state index contributed by atoms with van der Waals surface area (Å²) in [6, 6.07) is 16.5. The predicted octanol–water partition coefficient (Wildman–Crippen LogP) is 2.99. The van der Waals surface area contributed by atoms with E-state index in [9.17, 15) is 9.90 Å². The molecule has 3 rings (SSSR count). The molecule has 1 fully saturated rings. The molecule has 2 N–H and O–H groups in total. The lowest BCUT2D eigenvalue weighted by molar-refractivity contribution is -0.156. The fourth-order valence-corrected chi connectivity index (χ4v) is 3.68. The van der Waals surface area contributed by atoms with Gasteiger partial charge >= 0.3 is 0 Å². The van der Waals surface area contributed by atoms with Crippen LogP contribution in [0.15, 0.2) is 48.5 Å². The van der Waals surface area contributed by atoms with Crippen molar-refractivity contribution in [3.05, 3.63) is 70.8 Å². The summed E-state index contributed by atoms with van der Waals surface area (Å²) in [6.45, 7) is 6.52. The van der Waals surface area contributed by atoms with Gasteiger partial charge in [-0.25, -0.2) is 0 Å². The van der Waals surface area contributed by atoms with Crippen LogP contribution in [-0.2, 0) is 17.8 Å². The molecule has 144 valence electrons. The summed E-state index contributed by atoms with van der Waals surface area (Å²) < 4.78 is 0. The first kappa shape index (κ1) is 19.6. The molecule has 1 saturated heterocycles. The Morgan fingerprint density at radius 3 is 2.59 bits per heavy atom. The second-order valence-corrected chi connectivity index (χ2v) is 7.69. The molecular weight excluding hydrogens is 336 g/mol. The molecule has 1 atom stereocenters.